The molecule has 0 aliphatic heterocycles. The molecule has 0 aromatic carbocycles. The number of nitrogens with zero attached hydrogens (tertiary/aromatic N) is 1. The van der Waals surface area contributed by atoms with Crippen molar-refractivity contribution in [2.75, 3.05) is 26.7 Å². The molecule has 0 spiro atoms. The second kappa shape index (κ2) is 8.10. The van der Waals surface area contributed by atoms with Crippen molar-refractivity contribution < 1.29 is 0 Å². The Morgan fingerprint density at radius 1 is 1.06 bits per heavy atom. The first-order chi connectivity index (χ1) is 7.77. The fourth-order valence-electron chi connectivity index (χ4n) is 2.03. The Bertz CT molecular complexity index is 182. The minimum atomic E-state index is 0.356. The number of hydrogen-bond acceptors (Lipinski definition) is 2. The molecule has 0 aliphatic carbocycles. The maximum absolute atomic E-state index is 3.62. The molecule has 2 nitrogen and oxygen atoms in total. The van der Waals surface area contributed by atoms with E-state index in [2.05, 4.69) is 58.8 Å². The predicted octanol–water partition coefficient (Wildman–Crippen LogP) is 3.38. The molecule has 0 aromatic rings. The lowest BCUT2D eigenvalue weighted by Gasteiger charge is -2.33. The van der Waals surface area contributed by atoms with Crippen LogP contribution in [0.3, 0.4) is 0 Å². The van der Waals surface area contributed by atoms with Gasteiger partial charge in [0.1, 0.15) is 0 Å². The van der Waals surface area contributed by atoms with Gasteiger partial charge in [-0.1, -0.05) is 41.5 Å². The first kappa shape index (κ1) is 16.9. The zero-order valence-electron chi connectivity index (χ0n) is 13.1. The van der Waals surface area contributed by atoms with E-state index in [0.717, 1.165) is 12.5 Å². The lowest BCUT2D eigenvalue weighted by Crippen LogP contribution is -2.42. The fraction of sp³-hybridized carbons (Fsp3) is 1.00. The van der Waals surface area contributed by atoms with Gasteiger partial charge in [0.2, 0.25) is 0 Å². The Morgan fingerprint density at radius 3 is 2.00 bits per heavy atom. The zero-order chi connectivity index (χ0) is 13.5. The van der Waals surface area contributed by atoms with Gasteiger partial charge in [0.05, 0.1) is 0 Å². The van der Waals surface area contributed by atoms with Crippen LogP contribution in [0.1, 0.15) is 54.4 Å². The van der Waals surface area contributed by atoms with E-state index in [1.54, 1.807) is 0 Å². The van der Waals surface area contributed by atoms with Gasteiger partial charge in [0.25, 0.3) is 0 Å². The van der Waals surface area contributed by atoms with Crippen molar-refractivity contribution in [1.82, 2.24) is 10.2 Å². The molecule has 2 heteroatoms. The van der Waals surface area contributed by atoms with Gasteiger partial charge in [0.15, 0.2) is 0 Å². The summed E-state index contributed by atoms with van der Waals surface area (Å²) in [5.74, 6) is 0.810. The molecule has 0 aliphatic rings. The van der Waals surface area contributed by atoms with E-state index >= 15 is 0 Å². The average Bonchev–Trinajstić information content (AvgIpc) is 2.19. The first-order valence-corrected chi connectivity index (χ1v) is 7.19. The standard InChI is InChI=1S/C15H34N2/c1-8-16-14(15(4,5)6)10-12-17(7)11-9-13(2)3/h13-14,16H,8-12H2,1-7H3. The van der Waals surface area contributed by atoms with Gasteiger partial charge in [-0.2, -0.15) is 0 Å². The van der Waals surface area contributed by atoms with Crippen LogP contribution in [0.5, 0.6) is 0 Å². The molecule has 0 aromatic heterocycles. The molecule has 17 heavy (non-hydrogen) atoms. The molecule has 0 rings (SSSR count). The molecule has 0 saturated carbocycles. The Hall–Kier alpha value is -0.0800. The molecule has 104 valence electrons. The van der Waals surface area contributed by atoms with Crippen molar-refractivity contribution in [3.63, 3.8) is 0 Å². The van der Waals surface area contributed by atoms with Crippen LogP contribution in [-0.4, -0.2) is 37.6 Å². The number of hydrogen-bond donors (Lipinski definition) is 1. The minimum Gasteiger partial charge on any atom is -0.314 e. The highest BCUT2D eigenvalue weighted by atomic mass is 15.1. The van der Waals surface area contributed by atoms with Crippen LogP contribution in [0, 0.1) is 11.3 Å². The van der Waals surface area contributed by atoms with Gasteiger partial charge in [-0.25, -0.2) is 0 Å². The van der Waals surface area contributed by atoms with Crippen molar-refractivity contribution in [3.8, 4) is 0 Å². The highest BCUT2D eigenvalue weighted by molar-refractivity contribution is 4.80. The van der Waals surface area contributed by atoms with E-state index in [0.29, 0.717) is 11.5 Å². The third-order valence-electron chi connectivity index (χ3n) is 3.38. The van der Waals surface area contributed by atoms with Gasteiger partial charge >= 0.3 is 0 Å². The highest BCUT2D eigenvalue weighted by Gasteiger charge is 2.23. The van der Waals surface area contributed by atoms with Gasteiger partial charge in [0, 0.05) is 6.04 Å². The van der Waals surface area contributed by atoms with Gasteiger partial charge < -0.3 is 10.2 Å². The van der Waals surface area contributed by atoms with Gasteiger partial charge in [-0.05, 0) is 50.9 Å². The Labute approximate surface area is 109 Å². The zero-order valence-corrected chi connectivity index (χ0v) is 13.1. The summed E-state index contributed by atoms with van der Waals surface area (Å²) in [7, 11) is 2.24. The normalized spacial score (nSPS) is 14.6. The molecule has 1 atom stereocenters. The second-order valence-corrected chi connectivity index (χ2v) is 6.75. The van der Waals surface area contributed by atoms with Gasteiger partial charge in [-0.15, -0.1) is 0 Å². The van der Waals surface area contributed by atoms with Crippen LogP contribution in [0.4, 0.5) is 0 Å². The number of rotatable bonds is 8. The van der Waals surface area contributed by atoms with Crippen LogP contribution >= 0.6 is 0 Å². The molecule has 0 heterocycles. The molecule has 0 fully saturated rings. The fourth-order valence-corrected chi connectivity index (χ4v) is 2.03. The van der Waals surface area contributed by atoms with Crippen LogP contribution in [0.25, 0.3) is 0 Å². The van der Waals surface area contributed by atoms with Crippen molar-refractivity contribution in [2.24, 2.45) is 11.3 Å². The maximum atomic E-state index is 3.62. The second-order valence-electron chi connectivity index (χ2n) is 6.75. The average molecular weight is 242 g/mol. The van der Waals surface area contributed by atoms with Crippen molar-refractivity contribution in [3.05, 3.63) is 0 Å². The quantitative estimate of drug-likeness (QED) is 0.702. The Kier molecular flexibility index (Phi) is 8.06. The van der Waals surface area contributed by atoms with Crippen LogP contribution in [-0.2, 0) is 0 Å². The summed E-state index contributed by atoms with van der Waals surface area (Å²) in [5.41, 5.74) is 0.356. The monoisotopic (exact) mass is 242 g/mol. The smallest absolute Gasteiger partial charge is 0.0128 e. The lowest BCUT2D eigenvalue weighted by atomic mass is 9.84. The summed E-state index contributed by atoms with van der Waals surface area (Å²) in [6, 6.07) is 0.619. The van der Waals surface area contributed by atoms with Crippen LogP contribution < -0.4 is 5.32 Å². The lowest BCUT2D eigenvalue weighted by molar-refractivity contribution is 0.219. The van der Waals surface area contributed by atoms with Gasteiger partial charge in [-0.3, -0.25) is 0 Å². The van der Waals surface area contributed by atoms with Crippen LogP contribution in [0.2, 0.25) is 0 Å². The third-order valence-corrected chi connectivity index (χ3v) is 3.38. The molecule has 0 radical (unpaired) electrons. The topological polar surface area (TPSA) is 15.3 Å². The molecule has 0 bridgehead atoms. The Balaban J connectivity index is 3.95. The molecular formula is C15H34N2. The molecular weight excluding hydrogens is 208 g/mol. The van der Waals surface area contributed by atoms with Crippen molar-refractivity contribution >= 4 is 0 Å². The first-order valence-electron chi connectivity index (χ1n) is 7.19. The molecule has 1 unspecified atom stereocenters. The summed E-state index contributed by atoms with van der Waals surface area (Å²) in [5, 5.41) is 3.62. The summed E-state index contributed by atoms with van der Waals surface area (Å²) in [6.07, 6.45) is 2.55. The van der Waals surface area contributed by atoms with Crippen molar-refractivity contribution in [1.29, 1.82) is 0 Å². The molecule has 1 N–H and O–H groups in total. The minimum absolute atomic E-state index is 0.356. The predicted molar refractivity (Wildman–Crippen MR) is 78.5 cm³/mol. The van der Waals surface area contributed by atoms with E-state index < -0.39 is 0 Å². The SMILES string of the molecule is CCNC(CCN(C)CCC(C)C)C(C)(C)C. The Morgan fingerprint density at radius 2 is 1.59 bits per heavy atom. The maximum Gasteiger partial charge on any atom is 0.0128 e. The van der Waals surface area contributed by atoms with E-state index in [-0.39, 0.29) is 0 Å². The third kappa shape index (κ3) is 8.62. The van der Waals surface area contributed by atoms with Crippen molar-refractivity contribution in [2.45, 2.75) is 60.4 Å². The van der Waals surface area contributed by atoms with E-state index in [1.807, 2.05) is 0 Å². The van der Waals surface area contributed by atoms with E-state index in [9.17, 15) is 0 Å². The highest BCUT2D eigenvalue weighted by Crippen LogP contribution is 2.21. The van der Waals surface area contributed by atoms with E-state index in [4.69, 9.17) is 0 Å². The number of nitrogens with one attached hydrogen (secondary N) is 1. The van der Waals surface area contributed by atoms with Crippen LogP contribution in [0.15, 0.2) is 0 Å². The molecule has 0 amide bonds. The largest absolute Gasteiger partial charge is 0.314 e. The summed E-state index contributed by atoms with van der Waals surface area (Å²) < 4.78 is 0. The van der Waals surface area contributed by atoms with E-state index in [1.165, 1.54) is 25.9 Å². The molecule has 0 saturated heterocycles. The summed E-state index contributed by atoms with van der Waals surface area (Å²) in [6.45, 7) is 17.3. The summed E-state index contributed by atoms with van der Waals surface area (Å²) >= 11 is 0. The summed E-state index contributed by atoms with van der Waals surface area (Å²) in [4.78, 5) is 2.47.